The Kier molecular flexibility index (Phi) is 7.28. The lowest BCUT2D eigenvalue weighted by Crippen LogP contribution is -2.35. The van der Waals surface area contributed by atoms with Gasteiger partial charge in [-0.3, -0.25) is 9.59 Å². The van der Waals surface area contributed by atoms with E-state index in [2.05, 4.69) is 15.6 Å². The van der Waals surface area contributed by atoms with Crippen molar-refractivity contribution in [1.29, 1.82) is 0 Å². The van der Waals surface area contributed by atoms with Gasteiger partial charge in [0.1, 0.15) is 11.3 Å². The van der Waals surface area contributed by atoms with E-state index in [-0.39, 0.29) is 17.5 Å². The first-order valence-electron chi connectivity index (χ1n) is 7.78. The van der Waals surface area contributed by atoms with Crippen LogP contribution in [0.2, 0.25) is 5.02 Å². The first kappa shape index (κ1) is 20.0. The average molecular weight is 358 g/mol. The van der Waals surface area contributed by atoms with Crippen LogP contribution >= 0.6 is 11.6 Å². The summed E-state index contributed by atoms with van der Waals surface area (Å²) in [5.41, 5.74) is -0.889. The lowest BCUT2D eigenvalue weighted by molar-refractivity contribution is -0.120. The molecule has 0 saturated heterocycles. The van der Waals surface area contributed by atoms with Crippen molar-refractivity contribution in [2.45, 2.75) is 46.1 Å². The highest BCUT2D eigenvalue weighted by atomic mass is 35.5. The number of carbonyl (C=O) groups is 2. The maximum Gasteiger partial charge on any atom is 0.407 e. The number of pyridine rings is 1. The van der Waals surface area contributed by atoms with E-state index in [1.54, 1.807) is 20.8 Å². The maximum absolute atomic E-state index is 12.3. The molecule has 0 saturated carbocycles. The van der Waals surface area contributed by atoms with Crippen molar-refractivity contribution >= 4 is 29.3 Å². The van der Waals surface area contributed by atoms with Crippen molar-refractivity contribution in [3.05, 3.63) is 27.6 Å². The molecule has 8 heteroatoms. The van der Waals surface area contributed by atoms with E-state index in [0.29, 0.717) is 24.4 Å². The molecule has 1 aromatic heterocycles. The molecule has 24 heavy (non-hydrogen) atoms. The van der Waals surface area contributed by atoms with Gasteiger partial charge in [0.2, 0.25) is 5.91 Å². The van der Waals surface area contributed by atoms with Crippen LogP contribution in [0.1, 0.15) is 40.5 Å². The van der Waals surface area contributed by atoms with Crippen molar-refractivity contribution in [3.63, 3.8) is 0 Å². The Morgan fingerprint density at radius 3 is 2.62 bits per heavy atom. The fourth-order valence-electron chi connectivity index (χ4n) is 1.97. The van der Waals surface area contributed by atoms with E-state index in [1.807, 2.05) is 6.92 Å². The molecular weight excluding hydrogens is 334 g/mol. The Balaban J connectivity index is 2.54. The molecule has 1 rings (SSSR count). The second-order valence-electron chi connectivity index (χ2n) is 6.37. The summed E-state index contributed by atoms with van der Waals surface area (Å²) in [6, 6.07) is 1.39. The summed E-state index contributed by atoms with van der Waals surface area (Å²) in [6.45, 7) is 7.48. The molecule has 134 valence electrons. The molecule has 0 bridgehead atoms. The third kappa shape index (κ3) is 7.04. The van der Waals surface area contributed by atoms with Crippen LogP contribution in [0.4, 0.5) is 10.5 Å². The van der Waals surface area contributed by atoms with Gasteiger partial charge in [-0.05, 0) is 39.7 Å². The monoisotopic (exact) mass is 357 g/mol. The van der Waals surface area contributed by atoms with Gasteiger partial charge in [0, 0.05) is 18.7 Å². The van der Waals surface area contributed by atoms with Crippen molar-refractivity contribution in [3.8, 4) is 0 Å². The van der Waals surface area contributed by atoms with Gasteiger partial charge < -0.3 is 20.4 Å². The first-order valence-corrected chi connectivity index (χ1v) is 8.16. The fourth-order valence-corrected chi connectivity index (χ4v) is 2.13. The van der Waals surface area contributed by atoms with Crippen LogP contribution in [0, 0.1) is 5.92 Å². The Morgan fingerprint density at radius 1 is 1.38 bits per heavy atom. The Labute approximate surface area is 146 Å². The van der Waals surface area contributed by atoms with E-state index in [1.165, 1.54) is 12.3 Å². The van der Waals surface area contributed by atoms with Gasteiger partial charge in [-0.15, -0.1) is 0 Å². The zero-order chi connectivity index (χ0) is 18.3. The molecule has 0 aliphatic carbocycles. The molecule has 1 unspecified atom stereocenters. The molecule has 0 aromatic carbocycles. The minimum absolute atomic E-state index is 0.103. The Bertz CT molecular complexity index is 637. The van der Waals surface area contributed by atoms with Gasteiger partial charge in [-0.1, -0.05) is 18.5 Å². The first-order chi connectivity index (χ1) is 11.1. The smallest absolute Gasteiger partial charge is 0.407 e. The number of carbonyl (C=O) groups excluding carboxylic acids is 2. The van der Waals surface area contributed by atoms with Crippen LogP contribution in [0.15, 0.2) is 17.1 Å². The quantitative estimate of drug-likeness (QED) is 0.728. The summed E-state index contributed by atoms with van der Waals surface area (Å²) >= 11 is 5.80. The molecule has 0 fully saturated rings. The maximum atomic E-state index is 12.3. The van der Waals surface area contributed by atoms with E-state index >= 15 is 0 Å². The summed E-state index contributed by atoms with van der Waals surface area (Å²) in [5, 5.41) is 5.50. The van der Waals surface area contributed by atoms with Crippen molar-refractivity contribution in [2.24, 2.45) is 5.92 Å². The van der Waals surface area contributed by atoms with Crippen molar-refractivity contribution in [2.75, 3.05) is 11.9 Å². The highest BCUT2D eigenvalue weighted by Crippen LogP contribution is 2.14. The summed E-state index contributed by atoms with van der Waals surface area (Å²) in [7, 11) is 0. The molecule has 0 spiro atoms. The lowest BCUT2D eigenvalue weighted by atomic mass is 10.0. The van der Waals surface area contributed by atoms with Crippen LogP contribution in [0.5, 0.6) is 0 Å². The predicted octanol–water partition coefficient (Wildman–Crippen LogP) is 2.91. The largest absolute Gasteiger partial charge is 0.444 e. The molecule has 1 heterocycles. The second-order valence-corrected chi connectivity index (χ2v) is 6.81. The van der Waals surface area contributed by atoms with E-state index in [9.17, 15) is 14.4 Å². The van der Waals surface area contributed by atoms with Gasteiger partial charge in [0.15, 0.2) is 0 Å². The average Bonchev–Trinajstić information content (AvgIpc) is 2.45. The molecule has 7 nitrogen and oxygen atoms in total. The number of nitrogens with one attached hydrogen (secondary N) is 3. The van der Waals surface area contributed by atoms with Crippen LogP contribution in [-0.4, -0.2) is 29.1 Å². The summed E-state index contributed by atoms with van der Waals surface area (Å²) in [5.74, 6) is -0.644. The Hall–Kier alpha value is -2.02. The number of amides is 2. The number of anilines is 1. The number of alkyl carbamates (subject to hydrolysis) is 1. The van der Waals surface area contributed by atoms with E-state index in [4.69, 9.17) is 16.3 Å². The standard InChI is InChI=1S/C16H24ClN3O4/c1-5-10(6-7-18-15(23)24-16(2,3)4)13(21)20-12-8-11(17)9-19-14(12)22/h8-10H,5-7H2,1-4H3,(H,18,23)(H,19,22)(H,20,21). The number of halogens is 1. The third-order valence-corrected chi connectivity index (χ3v) is 3.37. The van der Waals surface area contributed by atoms with Gasteiger partial charge in [0.05, 0.1) is 5.02 Å². The van der Waals surface area contributed by atoms with Crippen LogP contribution in [0.25, 0.3) is 0 Å². The molecule has 3 N–H and O–H groups in total. The summed E-state index contributed by atoms with van der Waals surface area (Å²) in [4.78, 5) is 37.9. The highest BCUT2D eigenvalue weighted by Gasteiger charge is 2.19. The zero-order valence-corrected chi connectivity index (χ0v) is 15.1. The summed E-state index contributed by atoms with van der Waals surface area (Å²) < 4.78 is 5.13. The van der Waals surface area contributed by atoms with Gasteiger partial charge >= 0.3 is 6.09 Å². The molecule has 0 aliphatic rings. The van der Waals surface area contributed by atoms with Crippen LogP contribution in [-0.2, 0) is 9.53 Å². The van der Waals surface area contributed by atoms with Gasteiger partial charge in [-0.25, -0.2) is 4.79 Å². The molecule has 2 amide bonds. The van der Waals surface area contributed by atoms with E-state index in [0.717, 1.165) is 0 Å². The highest BCUT2D eigenvalue weighted by molar-refractivity contribution is 6.30. The number of aromatic nitrogens is 1. The van der Waals surface area contributed by atoms with Crippen LogP contribution < -0.4 is 16.2 Å². The molecule has 0 aliphatic heterocycles. The normalized spacial score (nSPS) is 12.4. The topological polar surface area (TPSA) is 100 Å². The number of ether oxygens (including phenoxy) is 1. The number of hydrogen-bond acceptors (Lipinski definition) is 4. The van der Waals surface area contributed by atoms with Gasteiger partial charge in [-0.2, -0.15) is 0 Å². The third-order valence-electron chi connectivity index (χ3n) is 3.15. The number of hydrogen-bond donors (Lipinski definition) is 3. The van der Waals surface area contributed by atoms with E-state index < -0.39 is 17.3 Å². The fraction of sp³-hybridized carbons (Fsp3) is 0.562. The minimum Gasteiger partial charge on any atom is -0.444 e. The SMILES string of the molecule is CCC(CCNC(=O)OC(C)(C)C)C(=O)Nc1cc(Cl)c[nH]c1=O. The number of H-pyrrole nitrogens is 1. The van der Waals surface area contributed by atoms with Gasteiger partial charge in [0.25, 0.3) is 5.56 Å². The second kappa shape index (κ2) is 8.73. The predicted molar refractivity (Wildman–Crippen MR) is 93.3 cm³/mol. The van der Waals surface area contributed by atoms with Crippen molar-refractivity contribution < 1.29 is 14.3 Å². The van der Waals surface area contributed by atoms with Crippen LogP contribution in [0.3, 0.4) is 0 Å². The number of rotatable bonds is 6. The van der Waals surface area contributed by atoms with Crippen molar-refractivity contribution in [1.82, 2.24) is 10.3 Å². The molecule has 1 aromatic rings. The summed E-state index contributed by atoms with van der Waals surface area (Å²) in [6.07, 6.45) is 1.83. The zero-order valence-electron chi connectivity index (χ0n) is 14.4. The molecule has 0 radical (unpaired) electrons. The minimum atomic E-state index is -0.570. The lowest BCUT2D eigenvalue weighted by Gasteiger charge is -2.20. The number of aromatic amines is 1. The molecular formula is C16H24ClN3O4. The Morgan fingerprint density at radius 2 is 2.04 bits per heavy atom. The molecule has 1 atom stereocenters.